The number of carbonyl (C=O) groups excluding carboxylic acids is 2. The van der Waals surface area contributed by atoms with Gasteiger partial charge in [-0.1, -0.05) is 6.07 Å². The predicted molar refractivity (Wildman–Crippen MR) is 89.7 cm³/mol. The van der Waals surface area contributed by atoms with Gasteiger partial charge in [0, 0.05) is 17.8 Å². The van der Waals surface area contributed by atoms with E-state index in [1.54, 1.807) is 25.1 Å². The van der Waals surface area contributed by atoms with Crippen LogP contribution in [0.2, 0.25) is 0 Å². The van der Waals surface area contributed by atoms with E-state index in [2.05, 4.69) is 10.1 Å². The first-order valence-corrected chi connectivity index (χ1v) is 7.27. The molecular formula is C17H16N2O6. The lowest BCUT2D eigenvalue weighted by Crippen LogP contribution is -2.20. The van der Waals surface area contributed by atoms with Crippen molar-refractivity contribution in [3.63, 3.8) is 0 Å². The largest absolute Gasteiger partial charge is 0.483 e. The number of hydrogen-bond acceptors (Lipinski definition) is 6. The zero-order chi connectivity index (χ0) is 18.4. The predicted octanol–water partition coefficient (Wildman–Crippen LogP) is 2.71. The molecule has 0 atom stereocenters. The molecule has 0 aliphatic rings. The highest BCUT2D eigenvalue weighted by Crippen LogP contribution is 2.23. The Labute approximate surface area is 143 Å². The van der Waals surface area contributed by atoms with Gasteiger partial charge in [0.05, 0.1) is 17.6 Å². The number of amides is 1. The number of ether oxygens (including phenoxy) is 2. The average molecular weight is 344 g/mol. The second-order valence-electron chi connectivity index (χ2n) is 5.12. The molecule has 1 amide bonds. The van der Waals surface area contributed by atoms with Crippen LogP contribution < -0.4 is 10.1 Å². The summed E-state index contributed by atoms with van der Waals surface area (Å²) in [6.45, 7) is 1.38. The molecule has 2 aromatic carbocycles. The van der Waals surface area contributed by atoms with Crippen LogP contribution in [0.3, 0.4) is 0 Å². The lowest BCUT2D eigenvalue weighted by Gasteiger charge is -2.10. The molecule has 0 saturated heterocycles. The summed E-state index contributed by atoms with van der Waals surface area (Å²) in [6, 6.07) is 10.4. The van der Waals surface area contributed by atoms with Crippen molar-refractivity contribution in [1.29, 1.82) is 0 Å². The fourth-order valence-corrected chi connectivity index (χ4v) is 2.09. The van der Waals surface area contributed by atoms with E-state index in [0.717, 1.165) is 0 Å². The maximum absolute atomic E-state index is 12.0. The van der Waals surface area contributed by atoms with Gasteiger partial charge in [0.25, 0.3) is 11.6 Å². The summed E-state index contributed by atoms with van der Waals surface area (Å²) in [5.74, 6) is -0.558. The summed E-state index contributed by atoms with van der Waals surface area (Å²) in [7, 11) is 1.27. The van der Waals surface area contributed by atoms with Gasteiger partial charge in [-0.05, 0) is 36.8 Å². The van der Waals surface area contributed by atoms with E-state index in [1.807, 2.05) is 0 Å². The van der Waals surface area contributed by atoms with Crippen LogP contribution >= 0.6 is 0 Å². The van der Waals surface area contributed by atoms with Gasteiger partial charge >= 0.3 is 5.97 Å². The first-order chi connectivity index (χ1) is 11.9. The third kappa shape index (κ3) is 4.77. The Morgan fingerprint density at radius 2 is 1.96 bits per heavy atom. The normalized spacial score (nSPS) is 10.0. The van der Waals surface area contributed by atoms with E-state index in [0.29, 0.717) is 22.6 Å². The van der Waals surface area contributed by atoms with Crippen LogP contribution in [0, 0.1) is 17.0 Å². The summed E-state index contributed by atoms with van der Waals surface area (Å²) < 4.78 is 10.00. The summed E-state index contributed by atoms with van der Waals surface area (Å²) >= 11 is 0. The highest BCUT2D eigenvalue weighted by atomic mass is 16.6. The molecule has 0 aliphatic carbocycles. The van der Waals surface area contributed by atoms with E-state index >= 15 is 0 Å². The number of aryl methyl sites for hydroxylation is 1. The van der Waals surface area contributed by atoms with Gasteiger partial charge in [-0.15, -0.1) is 0 Å². The molecule has 0 saturated carbocycles. The molecule has 2 aromatic rings. The number of nitrogens with zero attached hydrogens (tertiary/aromatic N) is 1. The highest BCUT2D eigenvalue weighted by Gasteiger charge is 2.11. The van der Waals surface area contributed by atoms with Crippen LogP contribution in [0.15, 0.2) is 42.5 Å². The van der Waals surface area contributed by atoms with Crippen molar-refractivity contribution < 1.29 is 24.0 Å². The molecule has 0 spiro atoms. The number of benzene rings is 2. The molecule has 0 aromatic heterocycles. The summed E-state index contributed by atoms with van der Waals surface area (Å²) in [6.07, 6.45) is 0. The van der Waals surface area contributed by atoms with Crippen molar-refractivity contribution in [2.24, 2.45) is 0 Å². The summed E-state index contributed by atoms with van der Waals surface area (Å²) in [4.78, 5) is 33.6. The molecule has 25 heavy (non-hydrogen) atoms. The molecular weight excluding hydrogens is 328 g/mol. The van der Waals surface area contributed by atoms with Gasteiger partial charge in [-0.25, -0.2) is 4.79 Å². The maximum atomic E-state index is 12.0. The molecule has 0 aliphatic heterocycles. The SMILES string of the molecule is COC(=O)c1cccc(NC(=O)COc2ccc([N+](=O)[O-])cc2C)c1. The Kier molecular flexibility index (Phi) is 5.67. The van der Waals surface area contributed by atoms with Crippen molar-refractivity contribution in [2.75, 3.05) is 19.0 Å². The van der Waals surface area contributed by atoms with Crippen molar-refractivity contribution in [3.05, 3.63) is 63.7 Å². The second kappa shape index (κ2) is 7.91. The standard InChI is InChI=1S/C17H16N2O6/c1-11-8-14(19(22)23)6-7-15(11)25-10-16(20)18-13-5-3-4-12(9-13)17(21)24-2/h3-9H,10H2,1-2H3,(H,18,20). The number of nitro benzene ring substituents is 1. The highest BCUT2D eigenvalue weighted by molar-refractivity contribution is 5.95. The van der Waals surface area contributed by atoms with Crippen LogP contribution in [0.5, 0.6) is 5.75 Å². The van der Waals surface area contributed by atoms with Gasteiger partial charge in [0.15, 0.2) is 6.61 Å². The van der Waals surface area contributed by atoms with E-state index in [1.165, 1.54) is 31.4 Å². The second-order valence-corrected chi connectivity index (χ2v) is 5.12. The number of rotatable bonds is 6. The Morgan fingerprint density at radius 1 is 1.20 bits per heavy atom. The lowest BCUT2D eigenvalue weighted by molar-refractivity contribution is -0.384. The molecule has 8 heteroatoms. The molecule has 0 heterocycles. The Hall–Kier alpha value is -3.42. The quantitative estimate of drug-likeness (QED) is 0.490. The number of non-ortho nitro benzene ring substituents is 1. The average Bonchev–Trinajstić information content (AvgIpc) is 2.60. The van der Waals surface area contributed by atoms with Crippen molar-refractivity contribution >= 4 is 23.3 Å². The number of nitrogens with one attached hydrogen (secondary N) is 1. The number of methoxy groups -OCH3 is 1. The minimum Gasteiger partial charge on any atom is -0.483 e. The van der Waals surface area contributed by atoms with E-state index in [-0.39, 0.29) is 12.3 Å². The zero-order valence-corrected chi connectivity index (χ0v) is 13.6. The minimum absolute atomic E-state index is 0.0473. The van der Waals surface area contributed by atoms with Crippen LogP contribution in [-0.4, -0.2) is 30.5 Å². The molecule has 2 rings (SSSR count). The molecule has 1 N–H and O–H groups in total. The van der Waals surface area contributed by atoms with E-state index in [9.17, 15) is 19.7 Å². The first-order valence-electron chi connectivity index (χ1n) is 7.27. The molecule has 0 unspecified atom stereocenters. The van der Waals surface area contributed by atoms with Crippen LogP contribution in [0.4, 0.5) is 11.4 Å². The Balaban J connectivity index is 1.97. The number of anilines is 1. The molecule has 0 fully saturated rings. The van der Waals surface area contributed by atoms with Gasteiger partial charge in [-0.2, -0.15) is 0 Å². The van der Waals surface area contributed by atoms with E-state index < -0.39 is 16.8 Å². The first kappa shape index (κ1) is 17.9. The van der Waals surface area contributed by atoms with Crippen molar-refractivity contribution in [3.8, 4) is 5.75 Å². The maximum Gasteiger partial charge on any atom is 0.337 e. The van der Waals surface area contributed by atoms with Crippen LogP contribution in [0.25, 0.3) is 0 Å². The van der Waals surface area contributed by atoms with Gasteiger partial charge in [0.2, 0.25) is 0 Å². The van der Waals surface area contributed by atoms with Crippen molar-refractivity contribution in [1.82, 2.24) is 0 Å². The Morgan fingerprint density at radius 3 is 2.60 bits per heavy atom. The Bertz CT molecular complexity index is 819. The topological polar surface area (TPSA) is 108 Å². The van der Waals surface area contributed by atoms with Crippen LogP contribution in [0.1, 0.15) is 15.9 Å². The number of esters is 1. The molecule has 130 valence electrons. The smallest absolute Gasteiger partial charge is 0.337 e. The van der Waals surface area contributed by atoms with Gasteiger partial charge in [0.1, 0.15) is 5.75 Å². The third-order valence-corrected chi connectivity index (χ3v) is 3.30. The minimum atomic E-state index is -0.506. The molecule has 8 nitrogen and oxygen atoms in total. The van der Waals surface area contributed by atoms with Gasteiger partial charge < -0.3 is 14.8 Å². The number of hydrogen-bond donors (Lipinski definition) is 1. The number of nitro groups is 1. The molecule has 0 radical (unpaired) electrons. The fraction of sp³-hybridized carbons (Fsp3) is 0.176. The van der Waals surface area contributed by atoms with Crippen molar-refractivity contribution in [2.45, 2.75) is 6.92 Å². The third-order valence-electron chi connectivity index (χ3n) is 3.30. The fourth-order valence-electron chi connectivity index (χ4n) is 2.09. The molecule has 0 bridgehead atoms. The van der Waals surface area contributed by atoms with Gasteiger partial charge in [-0.3, -0.25) is 14.9 Å². The summed E-state index contributed by atoms with van der Waals surface area (Å²) in [5, 5.41) is 13.3. The van der Waals surface area contributed by atoms with Crippen LogP contribution in [-0.2, 0) is 9.53 Å². The van der Waals surface area contributed by atoms with E-state index in [4.69, 9.17) is 4.74 Å². The zero-order valence-electron chi connectivity index (χ0n) is 13.6. The summed E-state index contributed by atoms with van der Waals surface area (Å²) in [5.41, 5.74) is 1.24. The lowest BCUT2D eigenvalue weighted by atomic mass is 10.2. The monoisotopic (exact) mass is 344 g/mol. The number of carbonyl (C=O) groups is 2.